The van der Waals surface area contributed by atoms with Crippen LogP contribution < -0.4 is 4.74 Å². The maximum atomic E-state index is 11.4. The van der Waals surface area contributed by atoms with Gasteiger partial charge in [-0.15, -0.1) is 11.8 Å². The zero-order valence-corrected chi connectivity index (χ0v) is 20.2. The highest BCUT2D eigenvalue weighted by atomic mass is 32.2. The summed E-state index contributed by atoms with van der Waals surface area (Å²) in [5.41, 5.74) is 5.05. The molecule has 2 heterocycles. The SMILES string of the molecule is Cc1oc(-c2ccc(-c3ccccc3)cc2)nc1COc1ccc(CN2CSCC2C(=O)O)cc1. The number of ether oxygens (including phenoxy) is 1. The number of rotatable bonds is 8. The first-order chi connectivity index (χ1) is 17.1. The quantitative estimate of drug-likeness (QED) is 0.334. The Hall–Kier alpha value is -3.55. The van der Waals surface area contributed by atoms with Crippen LogP contribution in [0.5, 0.6) is 5.75 Å². The van der Waals surface area contributed by atoms with E-state index in [1.807, 2.05) is 66.4 Å². The second-order valence-electron chi connectivity index (χ2n) is 8.50. The number of carbonyl (C=O) groups is 1. The number of aryl methyl sites for hydroxylation is 1. The summed E-state index contributed by atoms with van der Waals surface area (Å²) in [5.74, 6) is 2.65. The molecule has 35 heavy (non-hydrogen) atoms. The van der Waals surface area contributed by atoms with Crippen molar-refractivity contribution in [2.75, 3.05) is 11.6 Å². The summed E-state index contributed by atoms with van der Waals surface area (Å²) < 4.78 is 11.9. The largest absolute Gasteiger partial charge is 0.487 e. The Morgan fingerprint density at radius 2 is 1.71 bits per heavy atom. The molecule has 1 N–H and O–H groups in total. The molecule has 1 unspecified atom stereocenters. The summed E-state index contributed by atoms with van der Waals surface area (Å²) in [6.45, 7) is 2.81. The van der Waals surface area contributed by atoms with E-state index in [1.165, 1.54) is 5.56 Å². The third kappa shape index (κ3) is 5.42. The van der Waals surface area contributed by atoms with Crippen LogP contribution in [0.3, 0.4) is 0 Å². The molecule has 3 aromatic carbocycles. The molecule has 0 spiro atoms. The third-order valence-electron chi connectivity index (χ3n) is 6.07. The summed E-state index contributed by atoms with van der Waals surface area (Å²) in [6, 6.07) is 25.8. The predicted molar refractivity (Wildman–Crippen MR) is 137 cm³/mol. The van der Waals surface area contributed by atoms with Crippen molar-refractivity contribution < 1.29 is 19.1 Å². The van der Waals surface area contributed by atoms with Gasteiger partial charge < -0.3 is 14.3 Å². The molecular weight excluding hydrogens is 460 g/mol. The normalized spacial score (nSPS) is 15.9. The van der Waals surface area contributed by atoms with Crippen molar-refractivity contribution in [1.29, 1.82) is 0 Å². The third-order valence-corrected chi connectivity index (χ3v) is 7.14. The molecule has 5 rings (SSSR count). The second kappa shape index (κ2) is 10.4. The average molecular weight is 487 g/mol. The lowest BCUT2D eigenvalue weighted by Gasteiger charge is -2.20. The smallest absolute Gasteiger partial charge is 0.321 e. The van der Waals surface area contributed by atoms with E-state index in [4.69, 9.17) is 9.15 Å². The lowest BCUT2D eigenvalue weighted by Crippen LogP contribution is -2.37. The van der Waals surface area contributed by atoms with Crippen LogP contribution in [0.4, 0.5) is 0 Å². The van der Waals surface area contributed by atoms with Crippen LogP contribution in [-0.4, -0.2) is 38.6 Å². The molecule has 1 atom stereocenters. The lowest BCUT2D eigenvalue weighted by molar-refractivity contribution is -0.141. The zero-order valence-electron chi connectivity index (χ0n) is 19.4. The molecule has 1 fully saturated rings. The fraction of sp³-hybridized carbons (Fsp3) is 0.214. The van der Waals surface area contributed by atoms with E-state index in [-0.39, 0.29) is 0 Å². The Morgan fingerprint density at radius 1 is 1.03 bits per heavy atom. The standard InChI is InChI=1S/C28H26N2O4S/c1-19-25(29-27(34-19)23-11-9-22(10-12-23)21-5-3-2-4-6-21)16-33-24-13-7-20(8-14-24)15-30-18-35-17-26(30)28(31)32/h2-14,26H,15-18H2,1H3,(H,31,32). The maximum absolute atomic E-state index is 11.4. The first-order valence-electron chi connectivity index (χ1n) is 11.5. The molecule has 1 aliphatic rings. The molecule has 178 valence electrons. The van der Waals surface area contributed by atoms with Crippen LogP contribution in [0.15, 0.2) is 83.3 Å². The number of nitrogens with zero attached hydrogens (tertiary/aromatic N) is 2. The van der Waals surface area contributed by atoms with Crippen molar-refractivity contribution in [2.45, 2.75) is 26.1 Å². The minimum atomic E-state index is -0.760. The number of thioether (sulfide) groups is 1. The average Bonchev–Trinajstić information content (AvgIpc) is 3.51. The first-order valence-corrected chi connectivity index (χ1v) is 12.6. The molecule has 6 nitrogen and oxygen atoms in total. The Balaban J connectivity index is 1.20. The molecule has 0 saturated carbocycles. The van der Waals surface area contributed by atoms with Gasteiger partial charge in [-0.2, -0.15) is 0 Å². The van der Waals surface area contributed by atoms with Crippen molar-refractivity contribution in [1.82, 2.24) is 9.88 Å². The second-order valence-corrected chi connectivity index (χ2v) is 9.50. The van der Waals surface area contributed by atoms with Crippen LogP contribution in [0.25, 0.3) is 22.6 Å². The van der Waals surface area contributed by atoms with Crippen LogP contribution in [0, 0.1) is 6.92 Å². The molecule has 1 saturated heterocycles. The van der Waals surface area contributed by atoms with Gasteiger partial charge in [-0.3, -0.25) is 9.69 Å². The molecule has 0 radical (unpaired) electrons. The Bertz CT molecular complexity index is 1290. The van der Waals surface area contributed by atoms with Gasteiger partial charge in [0.15, 0.2) is 0 Å². The van der Waals surface area contributed by atoms with Gasteiger partial charge >= 0.3 is 5.97 Å². The maximum Gasteiger partial charge on any atom is 0.321 e. The van der Waals surface area contributed by atoms with Gasteiger partial charge in [0.2, 0.25) is 5.89 Å². The fourth-order valence-corrected chi connectivity index (χ4v) is 5.25. The molecular formula is C28H26N2O4S. The van der Waals surface area contributed by atoms with Gasteiger partial charge in [0.1, 0.15) is 29.9 Å². The van der Waals surface area contributed by atoms with E-state index in [0.717, 1.165) is 39.8 Å². The summed E-state index contributed by atoms with van der Waals surface area (Å²) in [7, 11) is 0. The van der Waals surface area contributed by atoms with Crippen LogP contribution in [-0.2, 0) is 17.9 Å². The molecule has 0 amide bonds. The van der Waals surface area contributed by atoms with Gasteiger partial charge in [-0.05, 0) is 47.9 Å². The van der Waals surface area contributed by atoms with Gasteiger partial charge in [-0.1, -0.05) is 54.6 Å². The summed E-state index contributed by atoms with van der Waals surface area (Å²) in [4.78, 5) is 18.0. The number of aromatic nitrogens is 1. The molecule has 1 aromatic heterocycles. The fourth-order valence-electron chi connectivity index (χ4n) is 4.06. The number of hydrogen-bond acceptors (Lipinski definition) is 6. The van der Waals surface area contributed by atoms with E-state index in [1.54, 1.807) is 11.8 Å². The number of aliphatic carboxylic acids is 1. The number of oxazole rings is 1. The number of carboxylic acid groups (broad SMARTS) is 1. The van der Waals surface area contributed by atoms with Gasteiger partial charge in [0.25, 0.3) is 0 Å². The Labute approximate surface area is 208 Å². The zero-order chi connectivity index (χ0) is 24.2. The Kier molecular flexibility index (Phi) is 6.88. The van der Waals surface area contributed by atoms with Crippen molar-refractivity contribution in [3.8, 4) is 28.3 Å². The van der Waals surface area contributed by atoms with Crippen LogP contribution in [0.2, 0.25) is 0 Å². The molecule has 0 bridgehead atoms. The van der Waals surface area contributed by atoms with Crippen molar-refractivity contribution in [3.63, 3.8) is 0 Å². The molecule has 4 aromatic rings. The highest BCUT2D eigenvalue weighted by Gasteiger charge is 2.30. The van der Waals surface area contributed by atoms with Gasteiger partial charge in [0.05, 0.1) is 0 Å². The van der Waals surface area contributed by atoms with Crippen molar-refractivity contribution in [2.24, 2.45) is 0 Å². The molecule has 7 heteroatoms. The summed E-state index contributed by atoms with van der Waals surface area (Å²) in [5, 5.41) is 9.35. The van der Waals surface area contributed by atoms with Crippen LogP contribution >= 0.6 is 11.8 Å². The number of benzene rings is 3. The van der Waals surface area contributed by atoms with E-state index >= 15 is 0 Å². The van der Waals surface area contributed by atoms with Crippen LogP contribution in [0.1, 0.15) is 17.0 Å². The monoisotopic (exact) mass is 486 g/mol. The van der Waals surface area contributed by atoms with Crippen molar-refractivity contribution >= 4 is 17.7 Å². The van der Waals surface area contributed by atoms with E-state index < -0.39 is 12.0 Å². The minimum absolute atomic E-state index is 0.306. The first kappa shape index (κ1) is 23.2. The lowest BCUT2D eigenvalue weighted by atomic mass is 10.0. The number of carboxylic acids is 1. The van der Waals surface area contributed by atoms with Crippen molar-refractivity contribution in [3.05, 3.63) is 95.9 Å². The van der Waals surface area contributed by atoms with Gasteiger partial charge in [-0.25, -0.2) is 4.98 Å². The highest BCUT2D eigenvalue weighted by Crippen LogP contribution is 2.27. The summed E-state index contributed by atoms with van der Waals surface area (Å²) >= 11 is 1.65. The summed E-state index contributed by atoms with van der Waals surface area (Å²) in [6.07, 6.45) is 0. The van der Waals surface area contributed by atoms with Gasteiger partial charge in [0, 0.05) is 23.7 Å². The molecule has 1 aliphatic heterocycles. The van der Waals surface area contributed by atoms with E-state index in [9.17, 15) is 9.90 Å². The van der Waals surface area contributed by atoms with E-state index in [2.05, 4.69) is 29.2 Å². The highest BCUT2D eigenvalue weighted by molar-refractivity contribution is 7.99. The molecule has 0 aliphatic carbocycles. The predicted octanol–water partition coefficient (Wildman–Crippen LogP) is 5.86. The number of hydrogen-bond donors (Lipinski definition) is 1. The minimum Gasteiger partial charge on any atom is -0.487 e. The Morgan fingerprint density at radius 3 is 2.43 bits per heavy atom. The topological polar surface area (TPSA) is 75.8 Å². The van der Waals surface area contributed by atoms with E-state index in [0.29, 0.717) is 24.8 Å².